The van der Waals surface area contributed by atoms with Crippen molar-refractivity contribution in [2.75, 3.05) is 26.2 Å². The molecule has 232 valence electrons. The second-order valence-electron chi connectivity index (χ2n) is 11.1. The molecule has 4 heterocycles. The first kappa shape index (κ1) is 30.4. The molecule has 1 aliphatic rings. The molecule has 0 unspecified atom stereocenters. The summed E-state index contributed by atoms with van der Waals surface area (Å²) < 4.78 is 23.5. The van der Waals surface area contributed by atoms with Crippen LogP contribution in [0, 0.1) is 11.7 Å². The number of amides is 3. The third-order valence-electron chi connectivity index (χ3n) is 7.30. The first-order chi connectivity index (χ1) is 21.2. The lowest BCUT2D eigenvalue weighted by atomic mass is 10.0. The second kappa shape index (κ2) is 13.5. The number of aromatic amines is 1. The van der Waals surface area contributed by atoms with E-state index in [4.69, 9.17) is 4.74 Å². The van der Waals surface area contributed by atoms with Gasteiger partial charge >= 0.3 is 0 Å². The van der Waals surface area contributed by atoms with Crippen LogP contribution in [-0.4, -0.2) is 84.7 Å². The third-order valence-corrected chi connectivity index (χ3v) is 7.30. The minimum atomic E-state index is -0.883. The number of carbonyl (C=O) groups is 3. The number of carbonyl (C=O) groups excluding carboxylic acids is 3. The molecule has 3 N–H and O–H groups in total. The number of hydrogen-bond acceptors (Lipinski definition) is 7. The highest BCUT2D eigenvalue weighted by molar-refractivity contribution is 5.99. The molecule has 1 atom stereocenters. The molecule has 1 aliphatic heterocycles. The summed E-state index contributed by atoms with van der Waals surface area (Å²) in [7, 11) is 1.90. The van der Waals surface area contributed by atoms with Gasteiger partial charge in [0.05, 0.1) is 23.5 Å². The van der Waals surface area contributed by atoms with Crippen LogP contribution < -0.4 is 15.4 Å². The number of halogens is 1. The number of fused-ring (bicyclic) bond motifs is 3. The average molecular weight is 606 g/mol. The zero-order chi connectivity index (χ0) is 31.2. The Balaban J connectivity index is 1.38. The van der Waals surface area contributed by atoms with Crippen molar-refractivity contribution in [2.24, 2.45) is 13.0 Å². The molecular formula is C30H36FN9O4. The molecule has 2 bridgehead atoms. The lowest BCUT2D eigenvalue weighted by Gasteiger charge is -2.24. The van der Waals surface area contributed by atoms with Crippen LogP contribution in [0.2, 0.25) is 0 Å². The van der Waals surface area contributed by atoms with E-state index in [0.29, 0.717) is 43.0 Å². The summed E-state index contributed by atoms with van der Waals surface area (Å²) in [5.74, 6) is -1.66. The highest BCUT2D eigenvalue weighted by Gasteiger charge is 2.26. The van der Waals surface area contributed by atoms with Crippen molar-refractivity contribution in [1.82, 2.24) is 45.3 Å². The minimum absolute atomic E-state index is 0.0157. The average Bonchev–Trinajstić information content (AvgIpc) is 3.75. The molecule has 4 aromatic rings. The Labute approximate surface area is 253 Å². The molecule has 0 aliphatic carbocycles. The van der Waals surface area contributed by atoms with Crippen molar-refractivity contribution in [1.29, 1.82) is 0 Å². The van der Waals surface area contributed by atoms with Crippen molar-refractivity contribution in [3.8, 4) is 17.1 Å². The summed E-state index contributed by atoms with van der Waals surface area (Å²) in [4.78, 5) is 41.8. The van der Waals surface area contributed by atoms with E-state index < -0.39 is 23.7 Å². The molecule has 1 aromatic carbocycles. The fraction of sp³-hybridized carbons (Fsp3) is 0.400. The van der Waals surface area contributed by atoms with Gasteiger partial charge in [0.15, 0.2) is 0 Å². The normalized spacial score (nSPS) is 16.8. The third kappa shape index (κ3) is 7.30. The lowest BCUT2D eigenvalue weighted by Crippen LogP contribution is -2.49. The van der Waals surface area contributed by atoms with Crippen LogP contribution in [0.4, 0.5) is 4.39 Å². The van der Waals surface area contributed by atoms with Crippen molar-refractivity contribution in [3.63, 3.8) is 0 Å². The van der Waals surface area contributed by atoms with Gasteiger partial charge in [0.1, 0.15) is 35.6 Å². The van der Waals surface area contributed by atoms with Crippen LogP contribution in [0.3, 0.4) is 0 Å². The number of nitrogens with zero attached hydrogens (tertiary/aromatic N) is 6. The minimum Gasteiger partial charge on any atom is -0.491 e. The Bertz CT molecular complexity index is 1630. The molecular weight excluding hydrogens is 569 g/mol. The maximum atomic E-state index is 14.2. The second-order valence-corrected chi connectivity index (χ2v) is 11.1. The van der Waals surface area contributed by atoms with Crippen LogP contribution in [0.15, 0.2) is 48.8 Å². The van der Waals surface area contributed by atoms with Crippen LogP contribution in [-0.2, 0) is 24.8 Å². The van der Waals surface area contributed by atoms with E-state index >= 15 is 0 Å². The highest BCUT2D eigenvalue weighted by Crippen LogP contribution is 2.21. The van der Waals surface area contributed by atoms with Crippen molar-refractivity contribution in [2.45, 2.75) is 39.3 Å². The standard InChI is InChI=1S/C30H36FN9O4/c1-19(2)15-24-29(42)32-9-12-39(30(43)25-17-23(35-36-25)26-5-4-10-38(26)3)11-8-21-18-40(37-34-21)13-14-44-27-7-6-20(31)16-22(27)28(41)33-24/h4-7,10,16-19,24H,8-9,11-15H2,1-3H3,(H,32,42)(H,33,41)(H,35,36)/t24-/m1/s1. The van der Waals surface area contributed by atoms with Gasteiger partial charge in [0.2, 0.25) is 5.91 Å². The van der Waals surface area contributed by atoms with Crippen molar-refractivity contribution in [3.05, 3.63) is 71.6 Å². The van der Waals surface area contributed by atoms with E-state index in [0.717, 1.165) is 11.8 Å². The lowest BCUT2D eigenvalue weighted by molar-refractivity contribution is -0.123. The number of rotatable bonds is 4. The number of aryl methyl sites for hydroxylation is 1. The van der Waals surface area contributed by atoms with Gasteiger partial charge < -0.3 is 24.8 Å². The molecule has 14 heteroatoms. The molecule has 3 amide bonds. The fourth-order valence-electron chi connectivity index (χ4n) is 5.02. The summed E-state index contributed by atoms with van der Waals surface area (Å²) in [6.45, 7) is 4.97. The Morgan fingerprint density at radius 1 is 1.16 bits per heavy atom. The van der Waals surface area contributed by atoms with E-state index in [1.807, 2.05) is 43.8 Å². The monoisotopic (exact) mass is 605 g/mol. The molecule has 3 aromatic heterocycles. The van der Waals surface area contributed by atoms with Crippen LogP contribution in [0.25, 0.3) is 11.4 Å². The predicted molar refractivity (Wildman–Crippen MR) is 158 cm³/mol. The zero-order valence-corrected chi connectivity index (χ0v) is 24.9. The summed E-state index contributed by atoms with van der Waals surface area (Å²) in [6, 6.07) is 8.31. The van der Waals surface area contributed by atoms with Crippen LogP contribution in [0.5, 0.6) is 5.75 Å². The number of aromatic nitrogens is 6. The summed E-state index contributed by atoms with van der Waals surface area (Å²) in [6.07, 6.45) is 4.44. The highest BCUT2D eigenvalue weighted by atomic mass is 19.1. The van der Waals surface area contributed by atoms with Gasteiger partial charge in [-0.05, 0) is 48.7 Å². The maximum absolute atomic E-state index is 14.2. The van der Waals surface area contributed by atoms with Gasteiger partial charge in [-0.3, -0.25) is 19.5 Å². The first-order valence-electron chi connectivity index (χ1n) is 14.5. The molecule has 0 saturated carbocycles. The van der Waals surface area contributed by atoms with Gasteiger partial charge in [0, 0.05) is 45.5 Å². The fourth-order valence-corrected chi connectivity index (χ4v) is 5.02. The molecule has 0 saturated heterocycles. The first-order valence-corrected chi connectivity index (χ1v) is 14.5. The molecule has 5 rings (SSSR count). The maximum Gasteiger partial charge on any atom is 0.271 e. The van der Waals surface area contributed by atoms with Crippen molar-refractivity contribution >= 4 is 17.7 Å². The van der Waals surface area contributed by atoms with E-state index in [1.54, 1.807) is 21.8 Å². The predicted octanol–water partition coefficient (Wildman–Crippen LogP) is 2.18. The topological polar surface area (TPSA) is 152 Å². The molecule has 13 nitrogen and oxygen atoms in total. The van der Waals surface area contributed by atoms with Gasteiger partial charge in [-0.25, -0.2) is 9.07 Å². The summed E-state index contributed by atoms with van der Waals surface area (Å²) in [5.41, 5.74) is 2.45. The summed E-state index contributed by atoms with van der Waals surface area (Å²) >= 11 is 0. The van der Waals surface area contributed by atoms with Gasteiger partial charge in [0.25, 0.3) is 11.8 Å². The summed E-state index contributed by atoms with van der Waals surface area (Å²) in [5, 5.41) is 21.1. The number of ether oxygens (including phenoxy) is 1. The van der Waals surface area contributed by atoms with Gasteiger partial charge in [-0.15, -0.1) is 5.10 Å². The molecule has 0 spiro atoms. The van der Waals surface area contributed by atoms with E-state index in [1.165, 1.54) is 12.1 Å². The SMILES string of the molecule is CC(C)C[C@H]1NC(=O)c2cc(F)ccc2OCCn2cc(nn2)CCN(C(=O)c2cc(-c3cccn3C)n[nH]2)CCNC1=O. The zero-order valence-electron chi connectivity index (χ0n) is 24.9. The Kier molecular flexibility index (Phi) is 9.36. The number of benzene rings is 1. The van der Waals surface area contributed by atoms with Crippen molar-refractivity contribution < 1.29 is 23.5 Å². The quantitative estimate of drug-likeness (QED) is 0.323. The largest absolute Gasteiger partial charge is 0.491 e. The smallest absolute Gasteiger partial charge is 0.271 e. The van der Waals surface area contributed by atoms with Gasteiger partial charge in [-0.2, -0.15) is 5.10 Å². The number of nitrogens with one attached hydrogen (secondary N) is 3. The Morgan fingerprint density at radius 3 is 2.77 bits per heavy atom. The van der Waals surface area contributed by atoms with Crippen LogP contribution in [0.1, 0.15) is 46.8 Å². The van der Waals surface area contributed by atoms with E-state index in [9.17, 15) is 18.8 Å². The molecule has 0 fully saturated rings. The number of hydrogen-bond donors (Lipinski definition) is 3. The molecule has 0 radical (unpaired) electrons. The van der Waals surface area contributed by atoms with E-state index in [2.05, 4.69) is 31.1 Å². The Hall–Kier alpha value is -5.01. The van der Waals surface area contributed by atoms with Gasteiger partial charge in [-0.1, -0.05) is 19.1 Å². The van der Waals surface area contributed by atoms with E-state index in [-0.39, 0.29) is 42.8 Å². The van der Waals surface area contributed by atoms with Crippen LogP contribution >= 0.6 is 0 Å². The number of H-pyrrole nitrogens is 1. The Morgan fingerprint density at radius 2 is 2.00 bits per heavy atom. The molecule has 44 heavy (non-hydrogen) atoms.